The number of esters is 1. The van der Waals surface area contributed by atoms with E-state index in [9.17, 15) is 13.2 Å². The van der Waals surface area contributed by atoms with Crippen LogP contribution in [-0.2, 0) is 14.8 Å². The van der Waals surface area contributed by atoms with Crippen LogP contribution in [0.15, 0.2) is 9.72 Å². The lowest BCUT2D eigenvalue weighted by Crippen LogP contribution is -2.46. The standard InChI is InChI=1S/C11H17N3O4S2.ClH/c1-12-8-4-3-5-14(6-8)20(16,17)11-9(10(15)18-2)13-7-19-11;/h7-8,12H,3-6H2,1-2H3;1H. The fraction of sp³-hybridized carbons (Fsp3) is 0.636. The van der Waals surface area contributed by atoms with Crippen LogP contribution in [0.5, 0.6) is 0 Å². The minimum Gasteiger partial charge on any atom is -0.464 e. The Bertz CT molecular complexity index is 590. The molecule has 1 atom stereocenters. The van der Waals surface area contributed by atoms with Gasteiger partial charge in [-0.25, -0.2) is 18.2 Å². The van der Waals surface area contributed by atoms with Crippen molar-refractivity contribution in [3.05, 3.63) is 11.2 Å². The van der Waals surface area contributed by atoms with Crippen LogP contribution in [0, 0.1) is 0 Å². The highest BCUT2D eigenvalue weighted by molar-refractivity contribution is 7.91. The van der Waals surface area contributed by atoms with Gasteiger partial charge in [0.05, 0.1) is 12.6 Å². The number of aromatic nitrogens is 1. The smallest absolute Gasteiger partial charge is 0.358 e. The van der Waals surface area contributed by atoms with Crippen molar-refractivity contribution in [3.63, 3.8) is 0 Å². The summed E-state index contributed by atoms with van der Waals surface area (Å²) in [4.78, 5) is 15.4. The molecule has 1 fully saturated rings. The molecule has 1 aromatic heterocycles. The monoisotopic (exact) mass is 355 g/mol. The van der Waals surface area contributed by atoms with Crippen LogP contribution >= 0.6 is 23.7 Å². The molecular weight excluding hydrogens is 338 g/mol. The number of thiazole rings is 1. The first-order chi connectivity index (χ1) is 9.50. The van der Waals surface area contributed by atoms with Gasteiger partial charge in [0.15, 0.2) is 9.90 Å². The van der Waals surface area contributed by atoms with Crippen LogP contribution in [0.25, 0.3) is 0 Å². The molecule has 0 amide bonds. The molecule has 1 saturated heterocycles. The molecule has 1 aliphatic heterocycles. The Labute approximate surface area is 134 Å². The Balaban J connectivity index is 0.00000220. The lowest BCUT2D eigenvalue weighted by Gasteiger charge is -2.31. The number of hydrogen-bond acceptors (Lipinski definition) is 7. The summed E-state index contributed by atoms with van der Waals surface area (Å²) in [5.41, 5.74) is 1.21. The highest BCUT2D eigenvalue weighted by Gasteiger charge is 2.34. The molecule has 10 heteroatoms. The van der Waals surface area contributed by atoms with E-state index in [1.54, 1.807) is 0 Å². The van der Waals surface area contributed by atoms with Crippen LogP contribution in [0.1, 0.15) is 23.3 Å². The number of methoxy groups -OCH3 is 1. The maximum atomic E-state index is 12.6. The van der Waals surface area contributed by atoms with Crippen LogP contribution in [0.3, 0.4) is 0 Å². The van der Waals surface area contributed by atoms with Gasteiger partial charge < -0.3 is 10.1 Å². The maximum absolute atomic E-state index is 12.6. The maximum Gasteiger partial charge on any atom is 0.358 e. The first kappa shape index (κ1) is 18.3. The second kappa shape index (κ2) is 7.50. The average molecular weight is 356 g/mol. The van der Waals surface area contributed by atoms with Crippen molar-refractivity contribution in [3.8, 4) is 0 Å². The number of likely N-dealkylation sites (N-methyl/N-ethyl adjacent to an activating group) is 1. The molecule has 7 nitrogen and oxygen atoms in total. The first-order valence-electron chi connectivity index (χ1n) is 6.20. The van der Waals surface area contributed by atoms with E-state index in [0.717, 1.165) is 24.2 Å². The Morgan fingerprint density at radius 2 is 2.29 bits per heavy atom. The van der Waals surface area contributed by atoms with Gasteiger partial charge in [-0.3, -0.25) is 0 Å². The lowest BCUT2D eigenvalue weighted by molar-refractivity contribution is 0.0590. The van der Waals surface area contributed by atoms with Crippen molar-refractivity contribution in [2.24, 2.45) is 0 Å². The van der Waals surface area contributed by atoms with Gasteiger partial charge in [0.1, 0.15) is 0 Å². The normalized spacial score (nSPS) is 19.8. The summed E-state index contributed by atoms with van der Waals surface area (Å²) in [6.45, 7) is 0.858. The summed E-state index contributed by atoms with van der Waals surface area (Å²) in [5.74, 6) is -0.730. The highest BCUT2D eigenvalue weighted by atomic mass is 35.5. The molecule has 2 rings (SSSR count). The van der Waals surface area contributed by atoms with Gasteiger partial charge in [0.25, 0.3) is 10.0 Å². The third kappa shape index (κ3) is 3.72. The van der Waals surface area contributed by atoms with Gasteiger partial charge >= 0.3 is 5.97 Å². The van der Waals surface area contributed by atoms with E-state index in [2.05, 4.69) is 15.0 Å². The van der Waals surface area contributed by atoms with E-state index in [1.165, 1.54) is 16.9 Å². The van der Waals surface area contributed by atoms with E-state index in [1.807, 2.05) is 7.05 Å². The van der Waals surface area contributed by atoms with Crippen LogP contribution in [0.4, 0.5) is 0 Å². The van der Waals surface area contributed by atoms with Crippen LogP contribution in [0.2, 0.25) is 0 Å². The molecule has 0 radical (unpaired) electrons. The molecule has 1 unspecified atom stereocenters. The topological polar surface area (TPSA) is 88.6 Å². The fourth-order valence-corrected chi connectivity index (χ4v) is 4.96. The Morgan fingerprint density at radius 3 is 2.90 bits per heavy atom. The summed E-state index contributed by atoms with van der Waals surface area (Å²) in [5, 5.41) is 3.09. The van der Waals surface area contributed by atoms with Crippen molar-refractivity contribution in [1.29, 1.82) is 0 Å². The number of carbonyl (C=O) groups excluding carboxylic acids is 1. The number of nitrogens with zero attached hydrogens (tertiary/aromatic N) is 2. The van der Waals surface area contributed by atoms with Crippen LogP contribution in [-0.4, -0.2) is 57.0 Å². The van der Waals surface area contributed by atoms with Crippen LogP contribution < -0.4 is 5.32 Å². The second-order valence-electron chi connectivity index (χ2n) is 4.47. The number of halogens is 1. The van der Waals surface area contributed by atoms with Crippen molar-refractivity contribution in [1.82, 2.24) is 14.6 Å². The summed E-state index contributed by atoms with van der Waals surface area (Å²) >= 11 is 0.941. The molecule has 0 spiro atoms. The molecule has 0 aromatic carbocycles. The van der Waals surface area contributed by atoms with Crippen molar-refractivity contribution in [2.45, 2.75) is 23.1 Å². The number of hydrogen-bond donors (Lipinski definition) is 1. The first-order valence-corrected chi connectivity index (χ1v) is 8.52. The Kier molecular flexibility index (Phi) is 6.54. The predicted octanol–water partition coefficient (Wildman–Crippen LogP) is 0.724. The molecular formula is C11H18ClN3O4S2. The third-order valence-corrected chi connectivity index (χ3v) is 6.49. The van der Waals surface area contributed by atoms with Crippen molar-refractivity contribution in [2.75, 3.05) is 27.2 Å². The van der Waals surface area contributed by atoms with Gasteiger partial charge in [-0.1, -0.05) is 0 Å². The molecule has 21 heavy (non-hydrogen) atoms. The number of piperidine rings is 1. The molecule has 0 saturated carbocycles. The highest BCUT2D eigenvalue weighted by Crippen LogP contribution is 2.27. The molecule has 0 bridgehead atoms. The minimum absolute atomic E-state index is 0. The second-order valence-corrected chi connectivity index (χ2v) is 7.46. The van der Waals surface area contributed by atoms with Crippen molar-refractivity contribution >= 4 is 39.7 Å². The van der Waals surface area contributed by atoms with E-state index in [-0.39, 0.29) is 28.4 Å². The van der Waals surface area contributed by atoms with Gasteiger partial charge in [0.2, 0.25) is 0 Å². The zero-order chi connectivity index (χ0) is 14.8. The zero-order valence-electron chi connectivity index (χ0n) is 11.7. The number of nitrogens with one attached hydrogen (secondary N) is 1. The van der Waals surface area contributed by atoms with Gasteiger partial charge in [-0.15, -0.1) is 23.7 Å². The molecule has 0 aliphatic carbocycles. The molecule has 1 aromatic rings. The summed E-state index contributed by atoms with van der Waals surface area (Å²) in [6, 6.07) is 0.132. The molecule has 1 aliphatic rings. The summed E-state index contributed by atoms with van der Waals surface area (Å²) in [7, 11) is -0.682. The van der Waals surface area contributed by atoms with Gasteiger partial charge in [-0.2, -0.15) is 4.31 Å². The number of carbonyl (C=O) groups is 1. The predicted molar refractivity (Wildman–Crippen MR) is 81.5 cm³/mol. The largest absolute Gasteiger partial charge is 0.464 e. The van der Waals surface area contributed by atoms with E-state index in [0.29, 0.717) is 13.1 Å². The number of ether oxygens (including phenoxy) is 1. The number of sulfonamides is 1. The van der Waals surface area contributed by atoms with Crippen molar-refractivity contribution < 1.29 is 17.9 Å². The quantitative estimate of drug-likeness (QED) is 0.801. The van der Waals surface area contributed by atoms with Gasteiger partial charge in [-0.05, 0) is 19.9 Å². The van der Waals surface area contributed by atoms with E-state index < -0.39 is 16.0 Å². The Hall–Kier alpha value is -0.740. The zero-order valence-corrected chi connectivity index (χ0v) is 14.2. The summed E-state index contributed by atoms with van der Waals surface area (Å²) in [6.07, 6.45) is 1.73. The van der Waals surface area contributed by atoms with E-state index >= 15 is 0 Å². The van der Waals surface area contributed by atoms with E-state index in [4.69, 9.17) is 0 Å². The number of rotatable bonds is 4. The summed E-state index contributed by atoms with van der Waals surface area (Å²) < 4.78 is 31.2. The average Bonchev–Trinajstić information content (AvgIpc) is 2.96. The third-order valence-electron chi connectivity index (χ3n) is 3.28. The fourth-order valence-electron chi connectivity index (χ4n) is 2.16. The molecule has 2 heterocycles. The SMILES string of the molecule is CNC1CCCN(S(=O)(=O)c2scnc2C(=O)OC)C1.Cl. The Morgan fingerprint density at radius 1 is 1.57 bits per heavy atom. The van der Waals surface area contributed by atoms with Gasteiger partial charge in [0, 0.05) is 19.1 Å². The minimum atomic E-state index is -3.70. The molecule has 120 valence electrons. The lowest BCUT2D eigenvalue weighted by atomic mass is 10.1. The molecule has 1 N–H and O–H groups in total.